The first-order valence-corrected chi connectivity index (χ1v) is 35.8. The number of unbranched alkanes of at least 4 members (excludes halogenated alkanes) is 2. The molecule has 12 aromatic rings. The first kappa shape index (κ1) is 69.0. The van der Waals surface area contributed by atoms with Crippen LogP contribution in [0, 0.1) is 25.7 Å². The van der Waals surface area contributed by atoms with E-state index in [0.717, 1.165) is 151 Å². The Labute approximate surface area is 594 Å². The first-order valence-electron chi connectivity index (χ1n) is 35.8. The molecule has 0 aromatic heterocycles. The lowest BCUT2D eigenvalue weighted by molar-refractivity contribution is 0.233. The van der Waals surface area contributed by atoms with E-state index < -0.39 is 0 Å². The molecule has 0 bridgehead atoms. The van der Waals surface area contributed by atoms with Crippen molar-refractivity contribution in [2.75, 3.05) is 47.0 Å². The highest BCUT2D eigenvalue weighted by molar-refractivity contribution is 5.85. The third-order valence-electron chi connectivity index (χ3n) is 19.2. The second-order valence-corrected chi connectivity index (χ2v) is 26.1. The van der Waals surface area contributed by atoms with E-state index in [4.69, 9.17) is 18.9 Å². The van der Waals surface area contributed by atoms with Gasteiger partial charge in [0.1, 0.15) is 23.0 Å². The highest BCUT2D eigenvalue weighted by atomic mass is 16.5. The first-order chi connectivity index (χ1) is 49.1. The van der Waals surface area contributed by atoms with Gasteiger partial charge in [0, 0.05) is 68.2 Å². The lowest BCUT2D eigenvalue weighted by Gasteiger charge is -2.27. The number of methoxy groups -OCH3 is 2. The maximum Gasteiger partial charge on any atom is 0.119 e. The zero-order chi connectivity index (χ0) is 69.2. The van der Waals surface area contributed by atoms with Crippen molar-refractivity contribution >= 4 is 68.2 Å². The van der Waals surface area contributed by atoms with Crippen LogP contribution in [0.2, 0.25) is 0 Å². The van der Waals surface area contributed by atoms with Gasteiger partial charge in [-0.1, -0.05) is 174 Å². The van der Waals surface area contributed by atoms with Crippen molar-refractivity contribution in [2.45, 2.75) is 92.9 Å². The molecule has 2 unspecified atom stereocenters. The molecule has 12 aromatic carbocycles. The SMILES string of the molecule is CCCCC(CC)COc1ccc(N(c2ccc(-c3ccc(N(c4ccc(C)cc4)c4ccc(OC)cc4)cc3)cc2)c2ccc(-c3ccc(N(c4ccc(OCC(CC)CCCC)cc4)c4ccc(-c5ccc(N(c6ccc(C)cc6)c6ccc(OC)cc6)cc5)cc4)cc3)cc2)cc1. The molecule has 0 aliphatic carbocycles. The van der Waals surface area contributed by atoms with Crippen molar-refractivity contribution in [1.29, 1.82) is 0 Å². The molecule has 0 saturated carbocycles. The summed E-state index contributed by atoms with van der Waals surface area (Å²) in [6, 6.07) is 104. The van der Waals surface area contributed by atoms with Crippen LogP contribution in [0.4, 0.5) is 68.2 Å². The molecule has 8 nitrogen and oxygen atoms in total. The van der Waals surface area contributed by atoms with Gasteiger partial charge in [-0.3, -0.25) is 0 Å². The van der Waals surface area contributed by atoms with Gasteiger partial charge >= 0.3 is 0 Å². The van der Waals surface area contributed by atoms with Crippen LogP contribution in [0.3, 0.4) is 0 Å². The molecule has 0 amide bonds. The fraction of sp³-hybridized carbons (Fsp3) is 0.217. The Morgan fingerprint density at radius 2 is 0.420 bits per heavy atom. The average Bonchev–Trinajstić information content (AvgIpc) is 0.806. The molecular weight excluding hydrogens is 1230 g/mol. The monoisotopic (exact) mass is 1320 g/mol. The summed E-state index contributed by atoms with van der Waals surface area (Å²) < 4.78 is 23.9. The number of hydrogen-bond acceptors (Lipinski definition) is 8. The second-order valence-electron chi connectivity index (χ2n) is 26.1. The Kier molecular flexibility index (Phi) is 23.1. The summed E-state index contributed by atoms with van der Waals surface area (Å²) in [5, 5.41) is 0. The van der Waals surface area contributed by atoms with E-state index in [2.05, 4.69) is 328 Å². The predicted molar refractivity (Wildman–Crippen MR) is 422 cm³/mol. The lowest BCUT2D eigenvalue weighted by Crippen LogP contribution is -2.12. The molecule has 0 heterocycles. The number of ether oxygens (including phenoxy) is 4. The van der Waals surface area contributed by atoms with E-state index in [1.54, 1.807) is 14.2 Å². The predicted octanol–water partition coefficient (Wildman–Crippen LogP) is 26.4. The molecule has 0 aliphatic heterocycles. The second kappa shape index (κ2) is 33.5. The van der Waals surface area contributed by atoms with E-state index in [1.165, 1.54) is 49.7 Å². The Hall–Kier alpha value is -11.0. The summed E-state index contributed by atoms with van der Waals surface area (Å²) >= 11 is 0. The van der Waals surface area contributed by atoms with Crippen molar-refractivity contribution in [3.8, 4) is 56.4 Å². The Morgan fingerprint density at radius 1 is 0.240 bits per heavy atom. The minimum absolute atomic E-state index is 0.542. The van der Waals surface area contributed by atoms with Crippen LogP contribution in [0.5, 0.6) is 23.0 Å². The van der Waals surface area contributed by atoms with E-state index in [0.29, 0.717) is 11.8 Å². The molecule has 0 N–H and O–H groups in total. The number of nitrogens with zero attached hydrogens (tertiary/aromatic N) is 4. The van der Waals surface area contributed by atoms with Gasteiger partial charge in [-0.25, -0.2) is 0 Å². The topological polar surface area (TPSA) is 49.9 Å². The summed E-state index contributed by atoms with van der Waals surface area (Å²) in [5.74, 6) is 4.51. The van der Waals surface area contributed by atoms with Crippen LogP contribution in [-0.2, 0) is 0 Å². The summed E-state index contributed by atoms with van der Waals surface area (Å²) in [4.78, 5) is 9.23. The van der Waals surface area contributed by atoms with Crippen LogP contribution < -0.4 is 38.5 Å². The van der Waals surface area contributed by atoms with Crippen molar-refractivity contribution < 1.29 is 18.9 Å². The third-order valence-corrected chi connectivity index (χ3v) is 19.2. The quantitative estimate of drug-likeness (QED) is 0.0426. The van der Waals surface area contributed by atoms with Gasteiger partial charge in [0.2, 0.25) is 0 Å². The van der Waals surface area contributed by atoms with Crippen LogP contribution in [0.15, 0.2) is 291 Å². The summed E-state index contributed by atoms with van der Waals surface area (Å²) in [5.41, 5.74) is 21.9. The summed E-state index contributed by atoms with van der Waals surface area (Å²) in [7, 11) is 3.40. The fourth-order valence-corrected chi connectivity index (χ4v) is 13.1. The molecule has 0 radical (unpaired) electrons. The zero-order valence-electron chi connectivity index (χ0n) is 59.4. The van der Waals surface area contributed by atoms with Gasteiger partial charge in [-0.15, -0.1) is 0 Å². The average molecular weight is 1320 g/mol. The number of hydrogen-bond donors (Lipinski definition) is 0. The summed E-state index contributed by atoms with van der Waals surface area (Å²) in [6.07, 6.45) is 9.43. The number of rotatable bonds is 31. The highest BCUT2D eigenvalue weighted by Gasteiger charge is 2.20. The Balaban J connectivity index is 0.818. The molecule has 0 spiro atoms. The minimum Gasteiger partial charge on any atom is -0.497 e. The molecule has 0 saturated heterocycles. The molecule has 0 aliphatic rings. The normalized spacial score (nSPS) is 11.7. The van der Waals surface area contributed by atoms with E-state index in [-0.39, 0.29) is 0 Å². The van der Waals surface area contributed by atoms with Crippen molar-refractivity contribution in [1.82, 2.24) is 0 Å². The van der Waals surface area contributed by atoms with Crippen LogP contribution >= 0.6 is 0 Å². The van der Waals surface area contributed by atoms with Crippen molar-refractivity contribution in [3.05, 3.63) is 302 Å². The van der Waals surface area contributed by atoms with Gasteiger partial charge in [0.15, 0.2) is 0 Å². The zero-order valence-corrected chi connectivity index (χ0v) is 59.4. The maximum absolute atomic E-state index is 6.45. The smallest absolute Gasteiger partial charge is 0.119 e. The summed E-state index contributed by atoms with van der Waals surface area (Å²) in [6.45, 7) is 14.7. The molecule has 506 valence electrons. The molecular formula is C92H94N4O4. The molecule has 100 heavy (non-hydrogen) atoms. The van der Waals surface area contributed by atoms with Crippen LogP contribution in [0.25, 0.3) is 33.4 Å². The maximum atomic E-state index is 6.45. The molecule has 12 rings (SSSR count). The van der Waals surface area contributed by atoms with Gasteiger partial charge in [0.25, 0.3) is 0 Å². The lowest BCUT2D eigenvalue weighted by atomic mass is 10.0. The van der Waals surface area contributed by atoms with E-state index in [1.807, 2.05) is 24.3 Å². The third kappa shape index (κ3) is 16.9. The van der Waals surface area contributed by atoms with Crippen molar-refractivity contribution in [3.63, 3.8) is 0 Å². The number of aryl methyl sites for hydroxylation is 2. The van der Waals surface area contributed by atoms with E-state index in [9.17, 15) is 0 Å². The van der Waals surface area contributed by atoms with Gasteiger partial charge in [-0.05, 0) is 266 Å². The standard InChI is InChI=1S/C92H94N4O4/c1-9-13-15-69(11-3)65-99-91-61-53-87(54-62-91)95(81-41-25-73(26-42-81)71-21-37-79(38-22-71)93(77-33-17-67(5)18-34-77)85-49-57-89(97-7)58-50-85)83-45-29-75(30-46-83)76-31-47-84(48-32-76)96(88-55-63-92(64-56-88)100-66-70(12-4)16-14-10-2)82-43-27-74(28-44-82)72-23-39-80(40-24-72)94(78-35-19-68(6)20-36-78)86-51-59-90(98-8)60-52-86/h17-64,69-70H,9-16,65-66H2,1-8H3. The van der Waals surface area contributed by atoms with Gasteiger partial charge < -0.3 is 38.5 Å². The molecule has 8 heteroatoms. The van der Waals surface area contributed by atoms with Gasteiger partial charge in [0.05, 0.1) is 27.4 Å². The van der Waals surface area contributed by atoms with Crippen LogP contribution in [-0.4, -0.2) is 27.4 Å². The number of anilines is 12. The van der Waals surface area contributed by atoms with E-state index >= 15 is 0 Å². The molecule has 0 fully saturated rings. The fourth-order valence-electron chi connectivity index (χ4n) is 13.1. The van der Waals surface area contributed by atoms with Crippen LogP contribution in [0.1, 0.15) is 90.2 Å². The Bertz CT molecular complexity index is 4160. The largest absolute Gasteiger partial charge is 0.497 e. The van der Waals surface area contributed by atoms with Crippen molar-refractivity contribution in [2.24, 2.45) is 11.8 Å². The number of benzene rings is 12. The Morgan fingerprint density at radius 3 is 0.600 bits per heavy atom. The molecule has 2 atom stereocenters. The van der Waals surface area contributed by atoms with Gasteiger partial charge in [-0.2, -0.15) is 0 Å². The minimum atomic E-state index is 0.542. The highest BCUT2D eigenvalue weighted by Crippen LogP contribution is 2.43.